The van der Waals surface area contributed by atoms with Crippen LogP contribution >= 0.6 is 11.6 Å². The molecule has 94 valence electrons. The Kier molecular flexibility index (Phi) is 3.72. The lowest BCUT2D eigenvalue weighted by Gasteiger charge is -2.32. The maximum atomic E-state index is 12.1. The second kappa shape index (κ2) is 5.08. The Morgan fingerprint density at radius 1 is 1.53 bits per heavy atom. The van der Waals surface area contributed by atoms with Crippen LogP contribution < -0.4 is 0 Å². The molecule has 0 bridgehead atoms. The molecule has 2 rings (SSSR count). The number of hydrogen-bond donors (Lipinski definition) is 0. The van der Waals surface area contributed by atoms with E-state index in [0.717, 1.165) is 25.9 Å². The van der Waals surface area contributed by atoms with Gasteiger partial charge in [-0.25, -0.2) is 4.98 Å². The molecule has 1 unspecified atom stereocenters. The van der Waals surface area contributed by atoms with E-state index in [0.29, 0.717) is 11.6 Å². The molecule has 4 nitrogen and oxygen atoms in total. The summed E-state index contributed by atoms with van der Waals surface area (Å²) < 4.78 is 1.79. The Morgan fingerprint density at radius 3 is 2.65 bits per heavy atom. The topological polar surface area (TPSA) is 38.1 Å². The number of hydrogen-bond acceptors (Lipinski definition) is 2. The van der Waals surface area contributed by atoms with Gasteiger partial charge in [-0.1, -0.05) is 0 Å². The monoisotopic (exact) mass is 255 g/mol. The first-order valence-electron chi connectivity index (χ1n) is 5.99. The van der Waals surface area contributed by atoms with Gasteiger partial charge in [-0.15, -0.1) is 11.6 Å². The molecule has 1 aromatic heterocycles. The quantitative estimate of drug-likeness (QED) is 0.757. The van der Waals surface area contributed by atoms with Gasteiger partial charge in [0.05, 0.1) is 6.33 Å². The zero-order valence-corrected chi connectivity index (χ0v) is 11.0. The standard InChI is InChI=1S/C12H18ClN3O/c1-9(13)10-3-5-16(6-4-10)12(17)11-7-15(2)8-14-11/h7-10H,3-6H2,1-2H3. The molecule has 2 heterocycles. The number of nitrogens with zero attached hydrogens (tertiary/aromatic N) is 3. The highest BCUT2D eigenvalue weighted by molar-refractivity contribution is 6.20. The van der Waals surface area contributed by atoms with E-state index in [9.17, 15) is 4.79 Å². The fourth-order valence-corrected chi connectivity index (χ4v) is 2.50. The molecule has 1 fully saturated rings. The van der Waals surface area contributed by atoms with Gasteiger partial charge in [-0.3, -0.25) is 4.79 Å². The summed E-state index contributed by atoms with van der Waals surface area (Å²) in [7, 11) is 1.87. The van der Waals surface area contributed by atoms with Crippen LogP contribution in [0.4, 0.5) is 0 Å². The Morgan fingerprint density at radius 2 is 2.18 bits per heavy atom. The van der Waals surface area contributed by atoms with Gasteiger partial charge < -0.3 is 9.47 Å². The summed E-state index contributed by atoms with van der Waals surface area (Å²) in [6.45, 7) is 3.61. The average molecular weight is 256 g/mol. The van der Waals surface area contributed by atoms with E-state index < -0.39 is 0 Å². The highest BCUT2D eigenvalue weighted by Gasteiger charge is 2.26. The number of carbonyl (C=O) groups is 1. The molecule has 0 aliphatic carbocycles. The minimum atomic E-state index is 0.0336. The zero-order chi connectivity index (χ0) is 12.4. The van der Waals surface area contributed by atoms with Crippen molar-refractivity contribution in [3.63, 3.8) is 0 Å². The van der Waals surface area contributed by atoms with E-state index in [1.807, 2.05) is 18.9 Å². The second-order valence-corrected chi connectivity index (χ2v) is 5.42. The molecule has 1 atom stereocenters. The van der Waals surface area contributed by atoms with E-state index in [1.165, 1.54) is 0 Å². The zero-order valence-electron chi connectivity index (χ0n) is 10.3. The fourth-order valence-electron chi connectivity index (χ4n) is 2.25. The predicted octanol–water partition coefficient (Wildman–Crippen LogP) is 1.90. The maximum Gasteiger partial charge on any atom is 0.274 e. The first-order valence-corrected chi connectivity index (χ1v) is 6.43. The summed E-state index contributed by atoms with van der Waals surface area (Å²) in [6, 6.07) is 0. The van der Waals surface area contributed by atoms with Crippen LogP contribution in [0, 0.1) is 5.92 Å². The number of likely N-dealkylation sites (tertiary alicyclic amines) is 1. The summed E-state index contributed by atoms with van der Waals surface area (Å²) in [5, 5.41) is 0.196. The maximum absolute atomic E-state index is 12.1. The number of imidazole rings is 1. The molecule has 0 spiro atoms. The lowest BCUT2D eigenvalue weighted by Crippen LogP contribution is -2.40. The molecule has 5 heteroatoms. The summed E-state index contributed by atoms with van der Waals surface area (Å²) in [5.41, 5.74) is 0.532. The second-order valence-electron chi connectivity index (χ2n) is 4.73. The van der Waals surface area contributed by atoms with Crippen LogP contribution in [0.3, 0.4) is 0 Å². The van der Waals surface area contributed by atoms with Crippen LogP contribution in [0.1, 0.15) is 30.3 Å². The van der Waals surface area contributed by atoms with Crippen molar-refractivity contribution >= 4 is 17.5 Å². The normalized spacial score (nSPS) is 19.4. The van der Waals surface area contributed by atoms with Crippen LogP contribution in [0.15, 0.2) is 12.5 Å². The van der Waals surface area contributed by atoms with Gasteiger partial charge >= 0.3 is 0 Å². The van der Waals surface area contributed by atoms with Gasteiger partial charge in [0.15, 0.2) is 0 Å². The first kappa shape index (κ1) is 12.4. The van der Waals surface area contributed by atoms with Crippen molar-refractivity contribution in [1.82, 2.24) is 14.5 Å². The van der Waals surface area contributed by atoms with Gasteiger partial charge in [0.25, 0.3) is 5.91 Å². The minimum Gasteiger partial charge on any atom is -0.340 e. The van der Waals surface area contributed by atoms with Crippen molar-refractivity contribution in [2.24, 2.45) is 13.0 Å². The number of halogens is 1. The highest BCUT2D eigenvalue weighted by Crippen LogP contribution is 2.24. The van der Waals surface area contributed by atoms with Gasteiger partial charge in [0.1, 0.15) is 5.69 Å². The first-order chi connectivity index (χ1) is 8.08. The molecule has 0 saturated carbocycles. The van der Waals surface area contributed by atoms with Crippen molar-refractivity contribution in [2.75, 3.05) is 13.1 Å². The molecular weight excluding hydrogens is 238 g/mol. The fraction of sp³-hybridized carbons (Fsp3) is 0.667. The molecule has 1 saturated heterocycles. The Balaban J connectivity index is 1.95. The SMILES string of the molecule is CC(Cl)C1CCN(C(=O)c2cn(C)cn2)CC1. The number of carbonyl (C=O) groups excluding carboxylic acids is 1. The molecule has 0 N–H and O–H groups in total. The number of rotatable bonds is 2. The van der Waals surface area contributed by atoms with Gasteiger partial charge in [0, 0.05) is 31.7 Å². The van der Waals surface area contributed by atoms with Crippen LogP contribution in [-0.4, -0.2) is 38.8 Å². The summed E-state index contributed by atoms with van der Waals surface area (Å²) in [5.74, 6) is 0.565. The smallest absolute Gasteiger partial charge is 0.274 e. The van der Waals surface area contributed by atoms with E-state index in [-0.39, 0.29) is 11.3 Å². The Bertz CT molecular complexity index is 394. The Labute approximate surface area is 107 Å². The molecule has 0 radical (unpaired) electrons. The number of aryl methyl sites for hydroxylation is 1. The van der Waals surface area contributed by atoms with Gasteiger partial charge in [0.2, 0.25) is 0 Å². The van der Waals surface area contributed by atoms with Crippen LogP contribution in [0.25, 0.3) is 0 Å². The van der Waals surface area contributed by atoms with E-state index in [2.05, 4.69) is 4.98 Å². The van der Waals surface area contributed by atoms with Gasteiger partial charge in [-0.2, -0.15) is 0 Å². The van der Waals surface area contributed by atoms with Crippen molar-refractivity contribution in [2.45, 2.75) is 25.1 Å². The number of alkyl halides is 1. The van der Waals surface area contributed by atoms with Crippen molar-refractivity contribution in [1.29, 1.82) is 0 Å². The lowest BCUT2D eigenvalue weighted by atomic mass is 9.94. The van der Waals surface area contributed by atoms with E-state index >= 15 is 0 Å². The molecule has 17 heavy (non-hydrogen) atoms. The third kappa shape index (κ3) is 2.80. The molecule has 1 amide bonds. The van der Waals surface area contributed by atoms with E-state index in [4.69, 9.17) is 11.6 Å². The van der Waals surface area contributed by atoms with E-state index in [1.54, 1.807) is 17.1 Å². The van der Waals surface area contributed by atoms with Crippen LogP contribution in [0.2, 0.25) is 0 Å². The minimum absolute atomic E-state index is 0.0336. The predicted molar refractivity (Wildman–Crippen MR) is 67.2 cm³/mol. The third-order valence-corrected chi connectivity index (χ3v) is 3.76. The largest absolute Gasteiger partial charge is 0.340 e. The van der Waals surface area contributed by atoms with Crippen molar-refractivity contribution in [3.05, 3.63) is 18.2 Å². The molecular formula is C12H18ClN3O. The summed E-state index contributed by atoms with van der Waals surface area (Å²) >= 11 is 6.09. The lowest BCUT2D eigenvalue weighted by molar-refractivity contribution is 0.0684. The van der Waals surface area contributed by atoms with Crippen molar-refractivity contribution < 1.29 is 4.79 Å². The number of aromatic nitrogens is 2. The number of amides is 1. The van der Waals surface area contributed by atoms with Crippen LogP contribution in [-0.2, 0) is 7.05 Å². The highest BCUT2D eigenvalue weighted by atomic mass is 35.5. The Hall–Kier alpha value is -1.03. The number of piperidine rings is 1. The third-order valence-electron chi connectivity index (χ3n) is 3.40. The summed E-state index contributed by atoms with van der Waals surface area (Å²) in [4.78, 5) is 18.1. The molecule has 1 aliphatic heterocycles. The summed E-state index contributed by atoms with van der Waals surface area (Å²) in [6.07, 6.45) is 5.39. The molecule has 1 aromatic rings. The molecule has 0 aromatic carbocycles. The van der Waals surface area contributed by atoms with Crippen molar-refractivity contribution in [3.8, 4) is 0 Å². The molecule has 1 aliphatic rings. The van der Waals surface area contributed by atoms with Crippen LogP contribution in [0.5, 0.6) is 0 Å². The average Bonchev–Trinajstić information content (AvgIpc) is 2.75. The van der Waals surface area contributed by atoms with Gasteiger partial charge in [-0.05, 0) is 25.7 Å².